The zero-order chi connectivity index (χ0) is 21.5. The highest BCUT2D eigenvalue weighted by Crippen LogP contribution is 2.37. The van der Waals surface area contributed by atoms with E-state index >= 15 is 0 Å². The summed E-state index contributed by atoms with van der Waals surface area (Å²) in [5.74, 6) is 6.56. The van der Waals surface area contributed by atoms with Crippen LogP contribution in [0.25, 0.3) is 0 Å². The number of nitrogens with one attached hydrogen (secondary N) is 5. The molecule has 31 heavy (non-hydrogen) atoms. The smallest absolute Gasteiger partial charge is 0.254 e. The second kappa shape index (κ2) is 9.68. The van der Waals surface area contributed by atoms with Crippen molar-refractivity contribution in [3.05, 3.63) is 78.1 Å². The van der Waals surface area contributed by atoms with Gasteiger partial charge in [-0.05, 0) is 49.2 Å². The first-order valence-corrected chi connectivity index (χ1v) is 10.4. The maximum absolute atomic E-state index is 12.5. The Kier molecular flexibility index (Phi) is 6.34. The number of para-hydroxylation sites is 1. The first-order chi connectivity index (χ1) is 15.2. The molecule has 0 radical (unpaired) electrons. The largest absolute Gasteiger partial charge is 0.373 e. The van der Waals surface area contributed by atoms with Crippen molar-refractivity contribution in [3.8, 4) is 11.8 Å². The molecule has 5 rings (SSSR count). The van der Waals surface area contributed by atoms with Crippen LogP contribution < -0.4 is 16.0 Å². The van der Waals surface area contributed by atoms with Gasteiger partial charge in [-0.25, -0.2) is 0 Å². The number of aromatic amines is 1. The summed E-state index contributed by atoms with van der Waals surface area (Å²) in [6, 6.07) is 17.3. The van der Waals surface area contributed by atoms with Crippen molar-refractivity contribution in [1.82, 2.24) is 10.3 Å². The fraction of sp³-hybridized carbons (Fsp3) is 0.200. The van der Waals surface area contributed by atoms with Crippen LogP contribution in [0.1, 0.15) is 34.8 Å². The number of H-pyrrole nitrogens is 1. The van der Waals surface area contributed by atoms with Crippen LogP contribution in [0.3, 0.4) is 0 Å². The van der Waals surface area contributed by atoms with Gasteiger partial charge in [-0.1, -0.05) is 30.0 Å². The number of aromatic nitrogens is 1. The number of benzene rings is 2. The molecule has 1 fully saturated rings. The average Bonchev–Trinajstić information content (AvgIpc) is 3.39. The molecule has 1 unspecified atom stereocenters. The standard InChI is InChI=1S/C21H20N4O.C4H5N/c22-13-20-16-10-9-15(12-19(16)25-20)24-18-6-2-1-5-17(18)21(26)23-11-3-4-14-7-8-14;1-2-4-5-3-1/h1-2,5-6,9-10,12-14,20,22,24-25H,7-8,11H2,(H,23,26);1-5H. The van der Waals surface area contributed by atoms with Crippen molar-refractivity contribution in [1.29, 1.82) is 5.41 Å². The molecule has 6 heteroatoms. The van der Waals surface area contributed by atoms with Gasteiger partial charge in [-0.15, -0.1) is 0 Å². The molecule has 0 spiro atoms. The van der Waals surface area contributed by atoms with Crippen LogP contribution in [0.5, 0.6) is 0 Å². The van der Waals surface area contributed by atoms with E-state index < -0.39 is 0 Å². The number of hydrogen-bond acceptors (Lipinski definition) is 4. The fourth-order valence-corrected chi connectivity index (χ4v) is 3.20. The second-order valence-electron chi connectivity index (χ2n) is 7.42. The van der Waals surface area contributed by atoms with Gasteiger partial charge in [0.15, 0.2) is 0 Å². The molecule has 2 heterocycles. The zero-order valence-electron chi connectivity index (χ0n) is 17.1. The van der Waals surface area contributed by atoms with Crippen LogP contribution in [-0.2, 0) is 0 Å². The number of fused-ring (bicyclic) bond motifs is 1. The molecular weight excluding hydrogens is 386 g/mol. The third kappa shape index (κ3) is 5.34. The number of anilines is 3. The van der Waals surface area contributed by atoms with Crippen LogP contribution >= 0.6 is 0 Å². The van der Waals surface area contributed by atoms with Crippen molar-refractivity contribution in [3.63, 3.8) is 0 Å². The minimum atomic E-state index is -0.135. The summed E-state index contributed by atoms with van der Waals surface area (Å²) in [5, 5.41) is 16.7. The highest BCUT2D eigenvalue weighted by atomic mass is 16.1. The predicted octanol–water partition coefficient (Wildman–Crippen LogP) is 4.70. The molecule has 1 saturated carbocycles. The molecule has 1 amide bonds. The lowest BCUT2D eigenvalue weighted by molar-refractivity contribution is 0.0959. The van der Waals surface area contributed by atoms with Crippen molar-refractivity contribution >= 4 is 29.2 Å². The molecule has 1 atom stereocenters. The molecule has 0 saturated heterocycles. The van der Waals surface area contributed by atoms with Gasteiger partial charge in [-0.2, -0.15) is 0 Å². The van der Waals surface area contributed by atoms with Crippen molar-refractivity contribution in [2.75, 3.05) is 17.2 Å². The van der Waals surface area contributed by atoms with Crippen LogP contribution in [0, 0.1) is 23.2 Å². The van der Waals surface area contributed by atoms with Gasteiger partial charge in [-0.3, -0.25) is 4.79 Å². The molecule has 1 aromatic heterocycles. The first kappa shape index (κ1) is 20.3. The number of amides is 1. The Morgan fingerprint density at radius 2 is 1.94 bits per heavy atom. The molecule has 2 aromatic carbocycles. The summed E-state index contributed by atoms with van der Waals surface area (Å²) >= 11 is 0. The van der Waals surface area contributed by atoms with E-state index in [1.165, 1.54) is 19.1 Å². The molecule has 156 valence electrons. The molecule has 1 aliphatic heterocycles. The van der Waals surface area contributed by atoms with Crippen molar-refractivity contribution in [2.45, 2.75) is 18.9 Å². The van der Waals surface area contributed by atoms with Crippen LogP contribution in [-0.4, -0.2) is 23.7 Å². The lowest BCUT2D eigenvalue weighted by Gasteiger charge is -2.30. The van der Waals surface area contributed by atoms with E-state index in [2.05, 4.69) is 32.8 Å². The van der Waals surface area contributed by atoms with Gasteiger partial charge in [0.25, 0.3) is 5.91 Å². The topological polar surface area (TPSA) is 92.8 Å². The van der Waals surface area contributed by atoms with Gasteiger partial charge < -0.3 is 26.3 Å². The SMILES string of the molecule is N=CC1Nc2cc(Nc3ccccc3C(=O)NCC#CC3CC3)ccc21.c1cc[nH]c1. The van der Waals surface area contributed by atoms with Crippen LogP contribution in [0.4, 0.5) is 17.1 Å². The summed E-state index contributed by atoms with van der Waals surface area (Å²) < 4.78 is 0. The number of rotatable bonds is 5. The minimum absolute atomic E-state index is 0.00821. The molecule has 2 aliphatic rings. The maximum atomic E-state index is 12.5. The molecule has 1 aliphatic carbocycles. The Hall–Kier alpha value is -3.98. The molecular formula is C25H25N5O. The Morgan fingerprint density at radius 3 is 2.61 bits per heavy atom. The molecule has 6 nitrogen and oxygen atoms in total. The zero-order valence-corrected chi connectivity index (χ0v) is 17.1. The third-order valence-corrected chi connectivity index (χ3v) is 5.03. The quantitative estimate of drug-likeness (QED) is 0.311. The monoisotopic (exact) mass is 411 g/mol. The first-order valence-electron chi connectivity index (χ1n) is 10.4. The summed E-state index contributed by atoms with van der Waals surface area (Å²) in [6.45, 7) is 0.372. The number of carbonyl (C=O) groups excluding carboxylic acids is 1. The lowest BCUT2D eigenvalue weighted by Crippen LogP contribution is -2.24. The third-order valence-electron chi connectivity index (χ3n) is 5.03. The van der Waals surface area contributed by atoms with Gasteiger partial charge in [0, 0.05) is 41.5 Å². The van der Waals surface area contributed by atoms with Crippen LogP contribution in [0.15, 0.2) is 67.0 Å². The highest BCUT2D eigenvalue weighted by Gasteiger charge is 2.23. The summed E-state index contributed by atoms with van der Waals surface area (Å²) in [4.78, 5) is 15.3. The van der Waals surface area contributed by atoms with E-state index in [1.807, 2.05) is 60.9 Å². The van der Waals surface area contributed by atoms with Gasteiger partial charge in [0.2, 0.25) is 0 Å². The number of hydrogen-bond donors (Lipinski definition) is 5. The summed E-state index contributed by atoms with van der Waals surface area (Å²) in [7, 11) is 0. The maximum Gasteiger partial charge on any atom is 0.254 e. The minimum Gasteiger partial charge on any atom is -0.373 e. The lowest BCUT2D eigenvalue weighted by atomic mass is 9.97. The van der Waals surface area contributed by atoms with Gasteiger partial charge in [0.1, 0.15) is 0 Å². The van der Waals surface area contributed by atoms with E-state index in [-0.39, 0.29) is 11.9 Å². The molecule has 0 bridgehead atoms. The predicted molar refractivity (Wildman–Crippen MR) is 125 cm³/mol. The Labute approximate surface area is 182 Å². The molecule has 5 N–H and O–H groups in total. The van der Waals surface area contributed by atoms with Gasteiger partial charge >= 0.3 is 0 Å². The van der Waals surface area contributed by atoms with E-state index in [9.17, 15) is 4.79 Å². The normalized spacial score (nSPS) is 15.4. The molecule has 3 aromatic rings. The van der Waals surface area contributed by atoms with Crippen molar-refractivity contribution in [2.24, 2.45) is 5.92 Å². The van der Waals surface area contributed by atoms with E-state index in [0.29, 0.717) is 18.0 Å². The van der Waals surface area contributed by atoms with E-state index in [0.717, 1.165) is 22.6 Å². The number of carbonyl (C=O) groups is 1. The Bertz CT molecular complexity index is 1090. The van der Waals surface area contributed by atoms with Crippen molar-refractivity contribution < 1.29 is 4.79 Å². The average molecular weight is 412 g/mol. The Balaban J connectivity index is 0.000000407. The fourth-order valence-electron chi connectivity index (χ4n) is 3.20. The van der Waals surface area contributed by atoms with E-state index in [1.54, 1.807) is 6.07 Å². The summed E-state index contributed by atoms with van der Waals surface area (Å²) in [6.07, 6.45) is 7.51. The van der Waals surface area contributed by atoms with E-state index in [4.69, 9.17) is 5.41 Å². The van der Waals surface area contributed by atoms with Crippen LogP contribution in [0.2, 0.25) is 0 Å². The van der Waals surface area contributed by atoms with Gasteiger partial charge in [0.05, 0.1) is 23.8 Å². The highest BCUT2D eigenvalue weighted by molar-refractivity contribution is 6.00. The summed E-state index contributed by atoms with van der Waals surface area (Å²) in [5.41, 5.74) is 4.37. The second-order valence-corrected chi connectivity index (χ2v) is 7.42. The Morgan fingerprint density at radius 1 is 1.13 bits per heavy atom.